The Hall–Kier alpha value is -3.68. The van der Waals surface area contributed by atoms with Crippen LogP contribution in [0.5, 0.6) is 11.5 Å². The molecule has 0 spiro atoms. The first-order chi connectivity index (χ1) is 25.8. The van der Waals surface area contributed by atoms with Crippen LogP contribution in [0.1, 0.15) is 50.8 Å². The van der Waals surface area contributed by atoms with E-state index in [-0.39, 0.29) is 37.5 Å². The van der Waals surface area contributed by atoms with Gasteiger partial charge in [0.05, 0.1) is 43.5 Å². The molecule has 4 aromatic rings. The zero-order valence-corrected chi connectivity index (χ0v) is 34.1. The first-order valence-electron chi connectivity index (χ1n) is 17.5. The Bertz CT molecular complexity index is 1890. The normalized spacial score (nSPS) is 20.7. The number of aromatic nitrogens is 2. The number of aliphatic hydroxyl groups is 1. The van der Waals surface area contributed by atoms with Crippen molar-refractivity contribution in [2.24, 2.45) is 0 Å². The van der Waals surface area contributed by atoms with E-state index >= 15 is 4.39 Å². The van der Waals surface area contributed by atoms with E-state index in [0.717, 1.165) is 21.3 Å². The fourth-order valence-corrected chi connectivity index (χ4v) is 9.88. The number of halogens is 2. The van der Waals surface area contributed by atoms with Gasteiger partial charge < -0.3 is 34.3 Å². The molecule has 54 heavy (non-hydrogen) atoms. The monoisotopic (exact) mass is 873 g/mol. The number of ether oxygens (including phenoxy) is 4. The zero-order chi connectivity index (χ0) is 39.2. The molecule has 1 aliphatic rings. The minimum Gasteiger partial charge on any atom is -0.497 e. The second-order valence-corrected chi connectivity index (χ2v) is 16.3. The number of nitrogens with two attached hydrogens (primary N) is 1. The molecule has 12 nitrogen and oxygen atoms in total. The second kappa shape index (κ2) is 17.8. The number of nitrogen functional groups attached to an aromatic ring is 1. The van der Waals surface area contributed by atoms with Crippen LogP contribution in [0, 0.1) is 14.9 Å². The summed E-state index contributed by atoms with van der Waals surface area (Å²) >= 11 is 1.92. The molecule has 1 aliphatic heterocycles. The standard InChI is InChI=1S/C39H46FIN5O7P/c1-25(2)46(26(3)4)54(52-22-10-21-42)39(45-23-32(41)36(43)44-37(45)48)35(40)34(47)33(53-39)24-51-38(27-11-8-7-9-12-27,28-13-17-30(49-5)18-14-28)29-15-19-31(50-6)20-16-29/h7-9,11-20,23,25-26,33-35,47H,10,22,24H2,1-6H3,(H2,43,44,48)/t33-,34-,35-,39+,54?/m1/s1. The lowest BCUT2D eigenvalue weighted by Crippen LogP contribution is -2.52. The third-order valence-corrected chi connectivity index (χ3v) is 12.9. The zero-order valence-electron chi connectivity index (χ0n) is 31.1. The van der Waals surface area contributed by atoms with Gasteiger partial charge in [0.25, 0.3) is 0 Å². The number of benzene rings is 3. The maximum Gasteiger partial charge on any atom is 0.352 e. The SMILES string of the molecule is COc1ccc(C(OC[C@H]2O[C@](n3cc(I)c(N)nc3=O)(P(OCCC#N)N(C(C)C)C(C)C)[C@H](F)[C@@H]2O)(c2ccccc2)c2ccc(OC)cc2)cc1. The van der Waals surface area contributed by atoms with E-state index in [1.165, 1.54) is 6.20 Å². The first-order valence-corrected chi connectivity index (χ1v) is 19.8. The number of methoxy groups -OCH3 is 2. The van der Waals surface area contributed by atoms with E-state index < -0.39 is 43.4 Å². The smallest absolute Gasteiger partial charge is 0.352 e. The summed E-state index contributed by atoms with van der Waals surface area (Å²) in [6.07, 6.45) is -3.96. The Labute approximate surface area is 330 Å². The molecule has 0 amide bonds. The molecule has 0 radical (unpaired) electrons. The van der Waals surface area contributed by atoms with E-state index in [4.69, 9.17) is 29.2 Å². The molecule has 5 rings (SSSR count). The highest BCUT2D eigenvalue weighted by Crippen LogP contribution is 2.64. The molecule has 15 heteroatoms. The maximum atomic E-state index is 17.6. The third-order valence-electron chi connectivity index (χ3n) is 9.23. The minimum absolute atomic E-state index is 0.000723. The molecule has 0 saturated carbocycles. The van der Waals surface area contributed by atoms with Gasteiger partial charge >= 0.3 is 5.69 Å². The van der Waals surface area contributed by atoms with Crippen LogP contribution in [-0.2, 0) is 25.1 Å². The van der Waals surface area contributed by atoms with Crippen molar-refractivity contribution in [1.82, 2.24) is 14.2 Å². The summed E-state index contributed by atoms with van der Waals surface area (Å²) < 4.78 is 52.0. The van der Waals surface area contributed by atoms with Crippen molar-refractivity contribution < 1.29 is 33.0 Å². The predicted octanol–water partition coefficient (Wildman–Crippen LogP) is 6.53. The van der Waals surface area contributed by atoms with Gasteiger partial charge in [-0.2, -0.15) is 10.2 Å². The number of nitrogens with zero attached hydrogens (tertiary/aromatic N) is 4. The minimum atomic E-state index is -2.27. The van der Waals surface area contributed by atoms with E-state index in [1.807, 2.05) is 134 Å². The molecule has 2 heterocycles. The molecule has 1 aromatic heterocycles. The van der Waals surface area contributed by atoms with Gasteiger partial charge in [-0.3, -0.25) is 9.24 Å². The average Bonchev–Trinajstić information content (AvgIpc) is 3.42. The van der Waals surface area contributed by atoms with Gasteiger partial charge in [0.2, 0.25) is 5.47 Å². The number of alkyl halides is 1. The number of hydrogen-bond donors (Lipinski definition) is 2. The quantitative estimate of drug-likeness (QED) is 0.0547. The predicted molar refractivity (Wildman–Crippen MR) is 213 cm³/mol. The van der Waals surface area contributed by atoms with Crippen molar-refractivity contribution in [2.45, 2.75) is 75.6 Å². The topological polar surface area (TPSA) is 154 Å². The first kappa shape index (κ1) is 41.5. The molecule has 0 bridgehead atoms. The lowest BCUT2D eigenvalue weighted by molar-refractivity contribution is -0.116. The fraction of sp³-hybridized carbons (Fsp3) is 0.410. The molecule has 1 fully saturated rings. The molecule has 0 aliphatic carbocycles. The summed E-state index contributed by atoms with van der Waals surface area (Å²) in [5, 5.41) is 21.3. The van der Waals surface area contributed by atoms with Gasteiger partial charge in [-0.15, -0.1) is 0 Å². The number of anilines is 1. The Balaban J connectivity index is 1.70. The lowest BCUT2D eigenvalue weighted by Gasteiger charge is -2.46. The maximum absolute atomic E-state index is 17.6. The number of hydrogen-bond acceptors (Lipinski definition) is 11. The van der Waals surface area contributed by atoms with Crippen LogP contribution in [0.4, 0.5) is 10.2 Å². The third kappa shape index (κ3) is 8.00. The summed E-state index contributed by atoms with van der Waals surface area (Å²) in [4.78, 5) is 17.8. The van der Waals surface area contributed by atoms with Crippen molar-refractivity contribution >= 4 is 36.7 Å². The van der Waals surface area contributed by atoms with Crippen molar-refractivity contribution in [3.8, 4) is 17.6 Å². The molecule has 1 unspecified atom stereocenters. The van der Waals surface area contributed by atoms with Crippen LogP contribution < -0.4 is 20.9 Å². The van der Waals surface area contributed by atoms with Crippen molar-refractivity contribution in [1.29, 1.82) is 5.26 Å². The Morgan fingerprint density at radius 1 is 1.02 bits per heavy atom. The van der Waals surface area contributed by atoms with E-state index in [2.05, 4.69) is 11.1 Å². The van der Waals surface area contributed by atoms with Crippen LogP contribution in [0.2, 0.25) is 0 Å². The van der Waals surface area contributed by atoms with Crippen LogP contribution in [0.25, 0.3) is 0 Å². The summed E-state index contributed by atoms with van der Waals surface area (Å²) in [6.45, 7) is 7.26. The summed E-state index contributed by atoms with van der Waals surface area (Å²) in [7, 11) is 0.897. The van der Waals surface area contributed by atoms with Crippen LogP contribution in [0.15, 0.2) is 89.9 Å². The van der Waals surface area contributed by atoms with Crippen LogP contribution in [0.3, 0.4) is 0 Å². The van der Waals surface area contributed by atoms with E-state index in [9.17, 15) is 15.2 Å². The molecular formula is C39H46FIN5O7P. The number of nitriles is 1. The van der Waals surface area contributed by atoms with Gasteiger partial charge in [-0.25, -0.2) is 9.18 Å². The number of aliphatic hydroxyl groups excluding tert-OH is 1. The Morgan fingerprint density at radius 2 is 1.56 bits per heavy atom. The van der Waals surface area contributed by atoms with E-state index in [1.54, 1.807) is 14.2 Å². The lowest BCUT2D eigenvalue weighted by atomic mass is 9.80. The van der Waals surface area contributed by atoms with Crippen molar-refractivity contribution in [2.75, 3.05) is 33.2 Å². The summed E-state index contributed by atoms with van der Waals surface area (Å²) in [5.74, 6) is 1.24. The van der Waals surface area contributed by atoms with Gasteiger partial charge in [0.15, 0.2) is 14.5 Å². The van der Waals surface area contributed by atoms with Crippen molar-refractivity contribution in [3.63, 3.8) is 0 Å². The molecule has 1 saturated heterocycles. The van der Waals surface area contributed by atoms with Gasteiger partial charge in [-0.05, 0) is 91.2 Å². The van der Waals surface area contributed by atoms with Crippen molar-refractivity contribution in [3.05, 3.63) is 116 Å². The van der Waals surface area contributed by atoms with Gasteiger partial charge in [-0.1, -0.05) is 54.6 Å². The molecule has 288 valence electrons. The van der Waals surface area contributed by atoms with Crippen LogP contribution in [-0.4, -0.2) is 77.2 Å². The molecule has 3 N–H and O–H groups in total. The molecule has 3 aromatic carbocycles. The van der Waals surface area contributed by atoms with Crippen LogP contribution >= 0.6 is 30.9 Å². The average molecular weight is 874 g/mol. The number of rotatable bonds is 16. The second-order valence-electron chi connectivity index (χ2n) is 13.2. The highest BCUT2D eigenvalue weighted by molar-refractivity contribution is 14.1. The van der Waals surface area contributed by atoms with E-state index in [0.29, 0.717) is 15.1 Å². The van der Waals surface area contributed by atoms with Gasteiger partial charge in [0.1, 0.15) is 35.1 Å². The highest BCUT2D eigenvalue weighted by atomic mass is 127. The summed E-state index contributed by atoms with van der Waals surface area (Å²) in [5.41, 5.74) is 3.77. The molecule has 5 atom stereocenters. The summed E-state index contributed by atoms with van der Waals surface area (Å²) in [6, 6.07) is 26.0. The highest BCUT2D eigenvalue weighted by Gasteiger charge is 2.65. The Morgan fingerprint density at radius 3 is 2.06 bits per heavy atom. The Kier molecular flexibility index (Phi) is 13.7. The molecular weight excluding hydrogens is 827 g/mol. The van der Waals surface area contributed by atoms with Gasteiger partial charge in [0, 0.05) is 18.3 Å². The fourth-order valence-electron chi connectivity index (χ4n) is 6.81. The largest absolute Gasteiger partial charge is 0.497 e.